The van der Waals surface area contributed by atoms with Gasteiger partial charge in [0.15, 0.2) is 5.82 Å². The maximum atomic E-state index is 13.0. The first kappa shape index (κ1) is 16.6. The van der Waals surface area contributed by atoms with E-state index in [4.69, 9.17) is 5.73 Å². The molecule has 1 aliphatic heterocycles. The molecule has 0 aliphatic carbocycles. The summed E-state index contributed by atoms with van der Waals surface area (Å²) in [6.07, 6.45) is -2.83. The van der Waals surface area contributed by atoms with E-state index >= 15 is 0 Å². The van der Waals surface area contributed by atoms with Gasteiger partial charge in [0, 0.05) is 37.1 Å². The molecule has 3 rings (SSSR count). The number of fused-ring (bicyclic) bond motifs is 1. The van der Waals surface area contributed by atoms with Crippen molar-refractivity contribution in [1.82, 2.24) is 9.88 Å². The zero-order valence-electron chi connectivity index (χ0n) is 13.4. The number of rotatable bonds is 2. The third kappa shape index (κ3) is 2.91. The first-order valence-electron chi connectivity index (χ1n) is 7.67. The van der Waals surface area contributed by atoms with Crippen LogP contribution in [0.2, 0.25) is 0 Å². The van der Waals surface area contributed by atoms with Crippen LogP contribution in [0.15, 0.2) is 24.8 Å². The molecule has 1 aromatic heterocycles. The zero-order valence-corrected chi connectivity index (χ0v) is 13.4. The lowest BCUT2D eigenvalue weighted by Gasteiger charge is -2.34. The van der Waals surface area contributed by atoms with Crippen molar-refractivity contribution in [2.45, 2.75) is 6.18 Å². The summed E-state index contributed by atoms with van der Waals surface area (Å²) in [7, 11) is 2.03. The lowest BCUT2D eigenvalue weighted by atomic mass is 10.0. The van der Waals surface area contributed by atoms with Crippen LogP contribution >= 0.6 is 0 Å². The van der Waals surface area contributed by atoms with Gasteiger partial charge in [-0.25, -0.2) is 4.98 Å². The number of alkyl halides is 3. The molecule has 4 nitrogen and oxygen atoms in total. The highest BCUT2D eigenvalue weighted by Crippen LogP contribution is 2.36. The summed E-state index contributed by atoms with van der Waals surface area (Å²) in [5.41, 5.74) is 6.89. The van der Waals surface area contributed by atoms with Gasteiger partial charge < -0.3 is 15.5 Å². The second kappa shape index (κ2) is 5.98. The maximum absolute atomic E-state index is 13.0. The number of piperazine rings is 1. The van der Waals surface area contributed by atoms with Gasteiger partial charge in [-0.15, -0.1) is 0 Å². The van der Waals surface area contributed by atoms with Crippen molar-refractivity contribution in [3.8, 4) is 0 Å². The molecule has 1 aromatic carbocycles. The summed E-state index contributed by atoms with van der Waals surface area (Å²) >= 11 is 0. The zero-order chi connectivity index (χ0) is 17.5. The molecule has 1 aliphatic rings. The average molecular weight is 336 g/mol. The van der Waals surface area contributed by atoms with E-state index in [0.717, 1.165) is 38.3 Å². The molecule has 7 heteroatoms. The Morgan fingerprint density at radius 3 is 2.46 bits per heavy atom. The standard InChI is InChI=1S/C17H19F3N4/c1-3-12-13-5-4-11(17(18,19)20)10-14(13)22-16(15(12)21)24-8-6-23(2)7-9-24/h3-5,10H,1,6-9,21H2,2H3. The monoisotopic (exact) mass is 336 g/mol. The van der Waals surface area contributed by atoms with Gasteiger partial charge in [-0.2, -0.15) is 13.2 Å². The maximum Gasteiger partial charge on any atom is 0.416 e. The molecule has 24 heavy (non-hydrogen) atoms. The van der Waals surface area contributed by atoms with Gasteiger partial charge in [0.25, 0.3) is 0 Å². The van der Waals surface area contributed by atoms with E-state index in [-0.39, 0.29) is 5.52 Å². The SMILES string of the molecule is C=Cc1c(N)c(N2CCN(C)CC2)nc2cc(C(F)(F)F)ccc12. The van der Waals surface area contributed by atoms with Gasteiger partial charge in [-0.05, 0) is 19.2 Å². The number of halogens is 3. The summed E-state index contributed by atoms with van der Waals surface area (Å²) < 4.78 is 39.0. The lowest BCUT2D eigenvalue weighted by molar-refractivity contribution is -0.137. The van der Waals surface area contributed by atoms with Gasteiger partial charge in [-0.3, -0.25) is 0 Å². The van der Waals surface area contributed by atoms with Crippen LogP contribution in [-0.4, -0.2) is 43.1 Å². The van der Waals surface area contributed by atoms with Gasteiger partial charge in [0.1, 0.15) is 0 Å². The van der Waals surface area contributed by atoms with Crippen molar-refractivity contribution in [3.05, 3.63) is 35.9 Å². The van der Waals surface area contributed by atoms with Crippen LogP contribution in [0.3, 0.4) is 0 Å². The Balaban J connectivity index is 2.15. The van der Waals surface area contributed by atoms with Gasteiger partial charge in [0.2, 0.25) is 0 Å². The highest BCUT2D eigenvalue weighted by Gasteiger charge is 2.31. The smallest absolute Gasteiger partial charge is 0.395 e. The van der Waals surface area contributed by atoms with Crippen LogP contribution in [0.5, 0.6) is 0 Å². The molecule has 1 fully saturated rings. The Hall–Kier alpha value is -2.28. The van der Waals surface area contributed by atoms with Crippen molar-refractivity contribution in [3.63, 3.8) is 0 Å². The summed E-state index contributed by atoms with van der Waals surface area (Å²) in [5.74, 6) is 0.532. The summed E-state index contributed by atoms with van der Waals surface area (Å²) in [6.45, 7) is 6.92. The molecule has 1 saturated heterocycles. The minimum absolute atomic E-state index is 0.280. The number of nitrogen functional groups attached to an aromatic ring is 1. The molecule has 0 bridgehead atoms. The highest BCUT2D eigenvalue weighted by molar-refractivity contribution is 5.97. The third-order valence-corrected chi connectivity index (χ3v) is 4.38. The number of hydrogen-bond acceptors (Lipinski definition) is 4. The number of anilines is 2. The van der Waals surface area contributed by atoms with Crippen LogP contribution in [0.4, 0.5) is 24.7 Å². The average Bonchev–Trinajstić information content (AvgIpc) is 2.54. The first-order valence-corrected chi connectivity index (χ1v) is 7.67. The van der Waals surface area contributed by atoms with Crippen molar-refractivity contribution in [2.24, 2.45) is 0 Å². The van der Waals surface area contributed by atoms with Crippen molar-refractivity contribution in [1.29, 1.82) is 0 Å². The van der Waals surface area contributed by atoms with E-state index in [9.17, 15) is 13.2 Å². The second-order valence-electron chi connectivity index (χ2n) is 5.99. The molecule has 0 spiro atoms. The number of likely N-dealkylation sites (N-methyl/N-ethyl adjacent to an activating group) is 1. The lowest BCUT2D eigenvalue weighted by Crippen LogP contribution is -2.45. The number of aromatic nitrogens is 1. The van der Waals surface area contributed by atoms with Crippen molar-refractivity contribution >= 4 is 28.5 Å². The summed E-state index contributed by atoms with van der Waals surface area (Å²) in [5, 5.41) is 0.577. The Bertz CT molecular complexity index is 777. The molecule has 0 saturated carbocycles. The Labute approximate surface area is 138 Å². The Morgan fingerprint density at radius 1 is 1.21 bits per heavy atom. The molecule has 2 N–H and O–H groups in total. The number of nitrogens with two attached hydrogens (primary N) is 1. The van der Waals surface area contributed by atoms with Crippen LogP contribution in [0.25, 0.3) is 17.0 Å². The van der Waals surface area contributed by atoms with Crippen LogP contribution in [0.1, 0.15) is 11.1 Å². The van der Waals surface area contributed by atoms with Gasteiger partial charge in [-0.1, -0.05) is 18.7 Å². The fourth-order valence-corrected chi connectivity index (χ4v) is 2.95. The van der Waals surface area contributed by atoms with Gasteiger partial charge >= 0.3 is 6.18 Å². The second-order valence-corrected chi connectivity index (χ2v) is 5.99. The fraction of sp³-hybridized carbons (Fsp3) is 0.353. The molecule has 2 heterocycles. The fourth-order valence-electron chi connectivity index (χ4n) is 2.95. The molecular weight excluding hydrogens is 317 g/mol. The van der Waals surface area contributed by atoms with Crippen molar-refractivity contribution in [2.75, 3.05) is 43.9 Å². The molecule has 128 valence electrons. The minimum atomic E-state index is -4.40. The van der Waals surface area contributed by atoms with Crippen molar-refractivity contribution < 1.29 is 13.2 Å². The number of benzene rings is 1. The third-order valence-electron chi connectivity index (χ3n) is 4.38. The van der Waals surface area contributed by atoms with Crippen LogP contribution in [0, 0.1) is 0 Å². The summed E-state index contributed by atoms with van der Waals surface area (Å²) in [4.78, 5) is 8.64. The Kier molecular flexibility index (Phi) is 4.13. The topological polar surface area (TPSA) is 45.4 Å². The van der Waals surface area contributed by atoms with E-state index in [2.05, 4.69) is 16.5 Å². The molecule has 0 radical (unpaired) electrons. The number of nitrogens with zero attached hydrogens (tertiary/aromatic N) is 3. The molecule has 0 atom stereocenters. The summed E-state index contributed by atoms with van der Waals surface area (Å²) in [6, 6.07) is 3.53. The molecular formula is C17H19F3N4. The minimum Gasteiger partial charge on any atom is -0.395 e. The normalized spacial score (nSPS) is 16.6. The Morgan fingerprint density at radius 2 is 1.88 bits per heavy atom. The molecule has 2 aromatic rings. The molecule has 0 unspecified atom stereocenters. The number of pyridine rings is 1. The predicted molar refractivity (Wildman–Crippen MR) is 91.0 cm³/mol. The largest absolute Gasteiger partial charge is 0.416 e. The highest BCUT2D eigenvalue weighted by atomic mass is 19.4. The quantitative estimate of drug-likeness (QED) is 0.915. The predicted octanol–water partition coefficient (Wildman–Crippen LogP) is 3.23. The van der Waals surface area contributed by atoms with E-state index in [1.165, 1.54) is 6.07 Å². The van der Waals surface area contributed by atoms with E-state index in [0.29, 0.717) is 22.5 Å². The van der Waals surface area contributed by atoms with E-state index < -0.39 is 11.7 Å². The van der Waals surface area contributed by atoms with Crippen LogP contribution < -0.4 is 10.6 Å². The van der Waals surface area contributed by atoms with E-state index in [1.54, 1.807) is 6.08 Å². The van der Waals surface area contributed by atoms with Crippen LogP contribution in [-0.2, 0) is 6.18 Å². The molecule has 0 amide bonds. The van der Waals surface area contributed by atoms with Gasteiger partial charge in [0.05, 0.1) is 16.8 Å². The number of hydrogen-bond donors (Lipinski definition) is 1. The first-order chi connectivity index (χ1) is 11.3. The van der Waals surface area contributed by atoms with E-state index in [1.807, 2.05) is 11.9 Å².